The van der Waals surface area contributed by atoms with Crippen molar-refractivity contribution in [3.8, 4) is 0 Å². The van der Waals surface area contributed by atoms with E-state index in [1.165, 1.54) is 5.69 Å². The molecule has 100 valence electrons. The molecule has 0 aliphatic carbocycles. The Kier molecular flexibility index (Phi) is 4.25. The lowest BCUT2D eigenvalue weighted by molar-refractivity contribution is 0.0299. The lowest BCUT2D eigenvalue weighted by Crippen LogP contribution is -2.48. The highest BCUT2D eigenvalue weighted by Crippen LogP contribution is 2.25. The second kappa shape index (κ2) is 5.72. The van der Waals surface area contributed by atoms with E-state index in [0.717, 1.165) is 25.1 Å². The zero-order valence-electron chi connectivity index (χ0n) is 11.5. The summed E-state index contributed by atoms with van der Waals surface area (Å²) in [5.41, 5.74) is 2.19. The molecule has 18 heavy (non-hydrogen) atoms. The van der Waals surface area contributed by atoms with Crippen LogP contribution in [0.25, 0.3) is 0 Å². The Bertz CT molecular complexity index is 375. The first-order valence-electron chi connectivity index (χ1n) is 6.78. The highest BCUT2D eigenvalue weighted by Gasteiger charge is 2.25. The molecule has 1 aliphatic rings. The molecule has 2 rings (SSSR count). The summed E-state index contributed by atoms with van der Waals surface area (Å²) >= 11 is 0. The molecule has 0 spiro atoms. The molecule has 3 heteroatoms. The molecule has 1 fully saturated rings. The molecule has 2 unspecified atom stereocenters. The average Bonchev–Trinajstić information content (AvgIpc) is 2.39. The summed E-state index contributed by atoms with van der Waals surface area (Å²) in [6.07, 6.45) is 0.971. The van der Waals surface area contributed by atoms with Crippen LogP contribution in [0.4, 0.5) is 5.69 Å². The molecule has 1 aromatic rings. The van der Waals surface area contributed by atoms with Gasteiger partial charge in [0.2, 0.25) is 0 Å². The lowest BCUT2D eigenvalue weighted by atomic mass is 10.1. The predicted molar refractivity (Wildman–Crippen MR) is 73.9 cm³/mol. The van der Waals surface area contributed by atoms with E-state index in [9.17, 15) is 5.11 Å². The van der Waals surface area contributed by atoms with Crippen LogP contribution in [0.15, 0.2) is 24.3 Å². The van der Waals surface area contributed by atoms with Gasteiger partial charge in [0.1, 0.15) is 0 Å². The average molecular weight is 249 g/mol. The van der Waals surface area contributed by atoms with Gasteiger partial charge in [0.15, 0.2) is 0 Å². The Hall–Kier alpha value is -1.06. The third kappa shape index (κ3) is 2.85. The molecule has 1 heterocycles. The topological polar surface area (TPSA) is 32.7 Å². The van der Waals surface area contributed by atoms with Crippen molar-refractivity contribution in [3.63, 3.8) is 0 Å². The maximum atomic E-state index is 9.53. The fourth-order valence-corrected chi connectivity index (χ4v) is 2.44. The minimum atomic E-state index is -0.398. The second-order valence-corrected chi connectivity index (χ2v) is 5.13. The summed E-state index contributed by atoms with van der Waals surface area (Å²) in [6, 6.07) is 8.67. The normalized spacial score (nSPS) is 26.1. The van der Waals surface area contributed by atoms with E-state index in [-0.39, 0.29) is 6.10 Å². The number of benzene rings is 1. The Labute approximate surface area is 109 Å². The number of hydrogen-bond acceptors (Lipinski definition) is 3. The SMILES string of the molecule is CCC1COC(C)CN1c1ccc([C@H](C)O)cc1. The Morgan fingerprint density at radius 3 is 2.61 bits per heavy atom. The lowest BCUT2D eigenvalue weighted by Gasteiger charge is -2.40. The number of hydrogen-bond donors (Lipinski definition) is 1. The summed E-state index contributed by atoms with van der Waals surface area (Å²) in [5, 5.41) is 9.53. The first-order valence-corrected chi connectivity index (χ1v) is 6.78. The Morgan fingerprint density at radius 1 is 1.39 bits per heavy atom. The molecule has 1 N–H and O–H groups in total. The van der Waals surface area contributed by atoms with Crippen LogP contribution < -0.4 is 4.90 Å². The Balaban J connectivity index is 2.17. The molecular formula is C15H23NO2. The van der Waals surface area contributed by atoms with Gasteiger partial charge in [0.05, 0.1) is 24.9 Å². The van der Waals surface area contributed by atoms with E-state index < -0.39 is 6.10 Å². The molecule has 0 amide bonds. The van der Waals surface area contributed by atoms with Gasteiger partial charge in [-0.05, 0) is 38.0 Å². The van der Waals surface area contributed by atoms with Gasteiger partial charge < -0.3 is 14.7 Å². The Morgan fingerprint density at radius 2 is 2.06 bits per heavy atom. The van der Waals surface area contributed by atoms with E-state index in [2.05, 4.69) is 30.9 Å². The molecule has 1 aliphatic heterocycles. The van der Waals surface area contributed by atoms with Crippen molar-refractivity contribution < 1.29 is 9.84 Å². The van der Waals surface area contributed by atoms with Gasteiger partial charge in [-0.1, -0.05) is 19.1 Å². The summed E-state index contributed by atoms with van der Waals surface area (Å²) in [7, 11) is 0. The summed E-state index contributed by atoms with van der Waals surface area (Å²) in [6.45, 7) is 7.84. The van der Waals surface area contributed by atoms with E-state index in [1.54, 1.807) is 6.92 Å². The highest BCUT2D eigenvalue weighted by atomic mass is 16.5. The number of rotatable bonds is 3. The zero-order valence-corrected chi connectivity index (χ0v) is 11.5. The smallest absolute Gasteiger partial charge is 0.0761 e. The fraction of sp³-hybridized carbons (Fsp3) is 0.600. The molecule has 1 saturated heterocycles. The van der Waals surface area contributed by atoms with E-state index in [1.807, 2.05) is 12.1 Å². The van der Waals surface area contributed by atoms with Gasteiger partial charge in [-0.3, -0.25) is 0 Å². The number of nitrogens with zero attached hydrogens (tertiary/aromatic N) is 1. The van der Waals surface area contributed by atoms with Gasteiger partial charge in [0, 0.05) is 12.2 Å². The van der Waals surface area contributed by atoms with Gasteiger partial charge in [-0.2, -0.15) is 0 Å². The van der Waals surface area contributed by atoms with Gasteiger partial charge in [0.25, 0.3) is 0 Å². The minimum Gasteiger partial charge on any atom is -0.389 e. The van der Waals surface area contributed by atoms with E-state index in [0.29, 0.717) is 6.04 Å². The van der Waals surface area contributed by atoms with Crippen LogP contribution in [0.3, 0.4) is 0 Å². The van der Waals surface area contributed by atoms with Crippen LogP contribution in [-0.2, 0) is 4.74 Å². The number of aliphatic hydroxyl groups excluding tert-OH is 1. The number of anilines is 1. The predicted octanol–water partition coefficient (Wildman–Crippen LogP) is 2.74. The fourth-order valence-electron chi connectivity index (χ4n) is 2.44. The molecule has 0 aromatic heterocycles. The van der Waals surface area contributed by atoms with Crippen LogP contribution in [0.5, 0.6) is 0 Å². The van der Waals surface area contributed by atoms with Crippen molar-refractivity contribution >= 4 is 5.69 Å². The van der Waals surface area contributed by atoms with Crippen LogP contribution in [0, 0.1) is 0 Å². The molecule has 3 atom stereocenters. The highest BCUT2D eigenvalue weighted by molar-refractivity contribution is 5.49. The third-order valence-electron chi connectivity index (χ3n) is 3.65. The van der Waals surface area contributed by atoms with Crippen molar-refractivity contribution in [2.45, 2.75) is 45.4 Å². The summed E-state index contributed by atoms with van der Waals surface area (Å²) in [5.74, 6) is 0. The van der Waals surface area contributed by atoms with E-state index >= 15 is 0 Å². The monoisotopic (exact) mass is 249 g/mol. The molecular weight excluding hydrogens is 226 g/mol. The third-order valence-corrected chi connectivity index (χ3v) is 3.65. The number of aliphatic hydroxyl groups is 1. The van der Waals surface area contributed by atoms with E-state index in [4.69, 9.17) is 4.74 Å². The molecule has 0 radical (unpaired) electrons. The summed E-state index contributed by atoms with van der Waals surface area (Å²) < 4.78 is 5.71. The van der Waals surface area contributed by atoms with Crippen LogP contribution in [-0.4, -0.2) is 30.4 Å². The first kappa shape index (κ1) is 13.4. The number of morpholine rings is 1. The van der Waals surface area contributed by atoms with Crippen molar-refractivity contribution in [3.05, 3.63) is 29.8 Å². The zero-order chi connectivity index (χ0) is 13.1. The van der Waals surface area contributed by atoms with Crippen molar-refractivity contribution in [2.75, 3.05) is 18.1 Å². The maximum absolute atomic E-state index is 9.53. The summed E-state index contributed by atoms with van der Waals surface area (Å²) in [4.78, 5) is 2.42. The van der Waals surface area contributed by atoms with Crippen LogP contribution in [0.2, 0.25) is 0 Å². The number of ether oxygens (including phenoxy) is 1. The minimum absolute atomic E-state index is 0.282. The van der Waals surface area contributed by atoms with Crippen LogP contribution >= 0.6 is 0 Å². The quantitative estimate of drug-likeness (QED) is 0.894. The largest absolute Gasteiger partial charge is 0.389 e. The molecule has 0 bridgehead atoms. The molecule has 3 nitrogen and oxygen atoms in total. The van der Waals surface area contributed by atoms with Gasteiger partial charge in [-0.15, -0.1) is 0 Å². The van der Waals surface area contributed by atoms with Crippen molar-refractivity contribution in [1.82, 2.24) is 0 Å². The van der Waals surface area contributed by atoms with Gasteiger partial charge in [-0.25, -0.2) is 0 Å². The van der Waals surface area contributed by atoms with Gasteiger partial charge >= 0.3 is 0 Å². The maximum Gasteiger partial charge on any atom is 0.0761 e. The standard InChI is InChI=1S/C15H23NO2/c1-4-14-10-18-11(2)9-16(14)15-7-5-13(6-8-15)12(3)17/h5-8,11-12,14,17H,4,9-10H2,1-3H3/t11?,12-,14?/m0/s1. The van der Waals surface area contributed by atoms with Crippen molar-refractivity contribution in [1.29, 1.82) is 0 Å². The second-order valence-electron chi connectivity index (χ2n) is 5.13. The first-order chi connectivity index (χ1) is 8.61. The molecule has 1 aromatic carbocycles. The van der Waals surface area contributed by atoms with Crippen LogP contribution in [0.1, 0.15) is 38.9 Å². The molecule has 0 saturated carbocycles. The van der Waals surface area contributed by atoms with Crippen molar-refractivity contribution in [2.24, 2.45) is 0 Å².